The van der Waals surface area contributed by atoms with E-state index in [1.165, 1.54) is 51.9 Å². The lowest BCUT2D eigenvalue weighted by Crippen LogP contribution is -2.29. The van der Waals surface area contributed by atoms with Crippen LogP contribution in [0.1, 0.15) is 81.1 Å². The molecule has 21 heavy (non-hydrogen) atoms. The monoisotopic (exact) mass is 300 g/mol. The molecule has 0 amide bonds. The summed E-state index contributed by atoms with van der Waals surface area (Å²) in [5, 5.41) is 3.37. The van der Waals surface area contributed by atoms with Gasteiger partial charge in [0.2, 0.25) is 0 Å². The second-order valence-electron chi connectivity index (χ2n) is 6.17. The Morgan fingerprint density at radius 2 is 1.24 bits per heavy atom. The van der Waals surface area contributed by atoms with Crippen molar-refractivity contribution in [3.8, 4) is 0 Å². The summed E-state index contributed by atoms with van der Waals surface area (Å²) in [6, 6.07) is 0.775. The third-order valence-electron chi connectivity index (χ3n) is 4.20. The number of hydrogen-bond donors (Lipinski definition) is 1. The van der Waals surface area contributed by atoms with Gasteiger partial charge in [0.15, 0.2) is 0 Å². The first-order valence-electron chi connectivity index (χ1n) is 9.56. The van der Waals surface area contributed by atoms with E-state index < -0.39 is 0 Å². The van der Waals surface area contributed by atoms with Gasteiger partial charge in [-0.1, -0.05) is 41.5 Å². The third-order valence-corrected chi connectivity index (χ3v) is 4.20. The molecule has 2 fully saturated rings. The lowest BCUT2D eigenvalue weighted by atomic mass is 9.87. The Morgan fingerprint density at radius 3 is 1.48 bits per heavy atom. The molecule has 0 bridgehead atoms. The fourth-order valence-corrected chi connectivity index (χ4v) is 2.77. The normalized spacial score (nSPS) is 19.1. The first-order valence-corrected chi connectivity index (χ1v) is 9.56. The molecule has 0 spiro atoms. The Bertz CT molecular complexity index is 178. The maximum Gasteiger partial charge on any atom is 0.00385 e. The summed E-state index contributed by atoms with van der Waals surface area (Å²) >= 11 is 0. The van der Waals surface area contributed by atoms with Gasteiger partial charge in [0, 0.05) is 6.04 Å². The summed E-state index contributed by atoms with van der Waals surface area (Å²) in [6.07, 6.45) is 5.60. The Labute approximate surface area is 136 Å². The lowest BCUT2D eigenvalue weighted by Gasteiger charge is -2.25. The van der Waals surface area contributed by atoms with Crippen molar-refractivity contribution in [2.75, 3.05) is 26.2 Å². The maximum atomic E-state index is 3.37. The highest BCUT2D eigenvalue weighted by Crippen LogP contribution is 2.20. The number of likely N-dealkylation sites (tertiary alicyclic amines) is 1. The van der Waals surface area contributed by atoms with Gasteiger partial charge in [-0.05, 0) is 77.5 Å². The highest BCUT2D eigenvalue weighted by atomic mass is 15.2. The van der Waals surface area contributed by atoms with Crippen molar-refractivity contribution in [1.29, 1.82) is 0 Å². The molecule has 2 heterocycles. The molecule has 0 aliphatic carbocycles. The number of rotatable bonds is 2. The molecular formula is C19H44N2. The smallest absolute Gasteiger partial charge is 0.00385 e. The van der Waals surface area contributed by atoms with Crippen molar-refractivity contribution < 1.29 is 0 Å². The van der Waals surface area contributed by atoms with Crippen LogP contribution in [0.4, 0.5) is 0 Å². The average molecular weight is 301 g/mol. The summed E-state index contributed by atoms with van der Waals surface area (Å²) in [6.45, 7) is 22.3. The molecule has 2 saturated heterocycles. The van der Waals surface area contributed by atoms with Crippen LogP contribution in [0.2, 0.25) is 0 Å². The Kier molecular flexibility index (Phi) is 18.0. The summed E-state index contributed by atoms with van der Waals surface area (Å²) in [5.74, 6) is 1.89. The molecule has 0 radical (unpaired) electrons. The van der Waals surface area contributed by atoms with E-state index in [9.17, 15) is 0 Å². The average Bonchev–Trinajstić information content (AvgIpc) is 3.07. The van der Waals surface area contributed by atoms with E-state index in [0.29, 0.717) is 0 Å². The molecule has 2 rings (SSSR count). The van der Waals surface area contributed by atoms with Crippen LogP contribution >= 0.6 is 0 Å². The molecule has 0 saturated carbocycles. The molecule has 2 nitrogen and oxygen atoms in total. The maximum absolute atomic E-state index is 3.37. The number of nitrogens with zero attached hydrogens (tertiary/aromatic N) is 1. The van der Waals surface area contributed by atoms with Gasteiger partial charge in [-0.15, -0.1) is 0 Å². The van der Waals surface area contributed by atoms with Gasteiger partial charge >= 0.3 is 0 Å². The van der Waals surface area contributed by atoms with E-state index in [1.54, 1.807) is 0 Å². The molecule has 2 aliphatic rings. The van der Waals surface area contributed by atoms with Gasteiger partial charge in [-0.2, -0.15) is 0 Å². The Morgan fingerprint density at radius 1 is 0.810 bits per heavy atom. The van der Waals surface area contributed by atoms with E-state index in [-0.39, 0.29) is 0 Å². The fourth-order valence-electron chi connectivity index (χ4n) is 2.77. The summed E-state index contributed by atoms with van der Waals surface area (Å²) in [5.41, 5.74) is 0. The topological polar surface area (TPSA) is 15.3 Å². The number of nitrogens with one attached hydrogen (secondary N) is 1. The van der Waals surface area contributed by atoms with E-state index in [4.69, 9.17) is 0 Å². The van der Waals surface area contributed by atoms with E-state index >= 15 is 0 Å². The van der Waals surface area contributed by atoms with Crippen LogP contribution in [0.5, 0.6) is 0 Å². The van der Waals surface area contributed by atoms with Crippen LogP contribution < -0.4 is 5.32 Å². The summed E-state index contributed by atoms with van der Waals surface area (Å²) < 4.78 is 0. The molecule has 0 atom stereocenters. The molecule has 0 aromatic rings. The molecule has 0 aromatic heterocycles. The summed E-state index contributed by atoms with van der Waals surface area (Å²) in [4.78, 5) is 2.53. The SMILES string of the molecule is CC.CC.CC(C)C1CCNCC1.CC(C)N1CCCC1. The van der Waals surface area contributed by atoms with Crippen molar-refractivity contribution in [1.82, 2.24) is 10.2 Å². The Hall–Kier alpha value is -0.0800. The van der Waals surface area contributed by atoms with E-state index in [0.717, 1.165) is 17.9 Å². The quantitative estimate of drug-likeness (QED) is 0.755. The second kappa shape index (κ2) is 16.3. The van der Waals surface area contributed by atoms with E-state index in [1.807, 2.05) is 27.7 Å². The molecular weight excluding hydrogens is 256 g/mol. The van der Waals surface area contributed by atoms with Crippen molar-refractivity contribution in [3.63, 3.8) is 0 Å². The molecule has 2 heteroatoms. The zero-order valence-corrected chi connectivity index (χ0v) is 16.3. The minimum Gasteiger partial charge on any atom is -0.317 e. The molecule has 130 valence electrons. The van der Waals surface area contributed by atoms with Crippen LogP contribution in [0, 0.1) is 11.8 Å². The van der Waals surface area contributed by atoms with Crippen LogP contribution in [-0.4, -0.2) is 37.1 Å². The van der Waals surface area contributed by atoms with Crippen LogP contribution in [-0.2, 0) is 0 Å². The van der Waals surface area contributed by atoms with Gasteiger partial charge in [0.1, 0.15) is 0 Å². The number of hydrogen-bond acceptors (Lipinski definition) is 2. The standard InChI is InChI=1S/C8H17N.C7H15N.2C2H6/c1-7(2)8-3-5-9-6-4-8;1-7(2)8-5-3-4-6-8;2*1-2/h7-9H,3-6H2,1-2H3;7H,3-6H2,1-2H3;2*1-2H3. The first kappa shape index (κ1) is 23.2. The predicted molar refractivity (Wildman–Crippen MR) is 99.1 cm³/mol. The number of piperidine rings is 1. The lowest BCUT2D eigenvalue weighted by molar-refractivity contribution is 0.276. The minimum atomic E-state index is 0.775. The van der Waals surface area contributed by atoms with Gasteiger partial charge in [-0.3, -0.25) is 0 Å². The van der Waals surface area contributed by atoms with Gasteiger partial charge in [0.25, 0.3) is 0 Å². The van der Waals surface area contributed by atoms with Crippen molar-refractivity contribution in [2.24, 2.45) is 11.8 Å². The van der Waals surface area contributed by atoms with Crippen LogP contribution in [0.3, 0.4) is 0 Å². The van der Waals surface area contributed by atoms with Gasteiger partial charge in [0.05, 0.1) is 0 Å². The third kappa shape index (κ3) is 12.2. The zero-order valence-electron chi connectivity index (χ0n) is 16.3. The molecule has 1 N–H and O–H groups in total. The zero-order chi connectivity index (χ0) is 16.7. The van der Waals surface area contributed by atoms with Crippen LogP contribution in [0.15, 0.2) is 0 Å². The van der Waals surface area contributed by atoms with Crippen molar-refractivity contribution >= 4 is 0 Å². The van der Waals surface area contributed by atoms with Crippen LogP contribution in [0.25, 0.3) is 0 Å². The van der Waals surface area contributed by atoms with Gasteiger partial charge < -0.3 is 10.2 Å². The fraction of sp³-hybridized carbons (Fsp3) is 1.00. The van der Waals surface area contributed by atoms with Crippen molar-refractivity contribution in [3.05, 3.63) is 0 Å². The molecule has 0 aromatic carbocycles. The highest BCUT2D eigenvalue weighted by molar-refractivity contribution is 4.70. The van der Waals surface area contributed by atoms with Crippen molar-refractivity contribution in [2.45, 2.75) is 87.1 Å². The summed E-state index contributed by atoms with van der Waals surface area (Å²) in [7, 11) is 0. The highest BCUT2D eigenvalue weighted by Gasteiger charge is 2.15. The van der Waals surface area contributed by atoms with E-state index in [2.05, 4.69) is 37.9 Å². The Balaban J connectivity index is 0. The minimum absolute atomic E-state index is 0.775. The van der Waals surface area contributed by atoms with Gasteiger partial charge in [-0.25, -0.2) is 0 Å². The second-order valence-corrected chi connectivity index (χ2v) is 6.17. The largest absolute Gasteiger partial charge is 0.317 e. The molecule has 0 unspecified atom stereocenters. The first-order chi connectivity index (χ1) is 10.1. The molecule has 2 aliphatic heterocycles. The predicted octanol–water partition coefficient (Wildman–Crippen LogP) is 5.19.